The van der Waals surface area contributed by atoms with E-state index in [1.54, 1.807) is 13.0 Å². The monoisotopic (exact) mass is 234 g/mol. The molecule has 0 bridgehead atoms. The van der Waals surface area contributed by atoms with Crippen LogP contribution in [-0.4, -0.2) is 21.4 Å². The molecule has 1 aliphatic rings. The van der Waals surface area contributed by atoms with Gasteiger partial charge in [0.1, 0.15) is 5.39 Å². The van der Waals surface area contributed by atoms with Gasteiger partial charge in [-0.2, -0.15) is 0 Å². The average Bonchev–Trinajstić information content (AvgIpc) is 3.03. The summed E-state index contributed by atoms with van der Waals surface area (Å²) < 4.78 is 9.82. The fourth-order valence-corrected chi connectivity index (χ4v) is 1.84. The number of ether oxygens (including phenoxy) is 1. The van der Waals surface area contributed by atoms with E-state index < -0.39 is 6.16 Å². The lowest BCUT2D eigenvalue weighted by Crippen LogP contribution is -2.04. The zero-order chi connectivity index (χ0) is 12.0. The largest absolute Gasteiger partial charge is 0.511 e. The highest BCUT2D eigenvalue weighted by atomic mass is 16.7. The molecule has 0 saturated heterocycles. The highest BCUT2D eigenvalue weighted by molar-refractivity contribution is 5.85. The summed E-state index contributed by atoms with van der Waals surface area (Å²) in [7, 11) is 0. The van der Waals surface area contributed by atoms with Crippen LogP contribution in [0.5, 0.6) is 5.75 Å². The number of fused-ring (bicyclic) bond motifs is 1. The van der Waals surface area contributed by atoms with Gasteiger partial charge in [-0.25, -0.2) is 9.78 Å². The first-order chi connectivity index (χ1) is 8.15. The fraction of sp³-hybridized carbons (Fsp3) is 0.364. The van der Waals surface area contributed by atoms with E-state index in [0.29, 0.717) is 22.7 Å². The molecule has 0 aliphatic heterocycles. The summed E-state index contributed by atoms with van der Waals surface area (Å²) in [6.45, 7) is 1.72. The summed E-state index contributed by atoms with van der Waals surface area (Å²) in [6.07, 6.45) is 0.788. The summed E-state index contributed by atoms with van der Waals surface area (Å²) >= 11 is 0. The number of rotatable bonds is 2. The molecule has 3 rings (SSSR count). The number of aryl methyl sites for hydroxylation is 1. The zero-order valence-corrected chi connectivity index (χ0v) is 9.14. The summed E-state index contributed by atoms with van der Waals surface area (Å²) in [5.74, 6) is 0.643. The number of aromatic nitrogens is 2. The summed E-state index contributed by atoms with van der Waals surface area (Å²) in [6, 6.07) is 1.66. The van der Waals surface area contributed by atoms with Gasteiger partial charge in [0.05, 0.1) is 11.4 Å². The van der Waals surface area contributed by atoms with Gasteiger partial charge in [0.15, 0.2) is 5.75 Å². The van der Waals surface area contributed by atoms with E-state index in [9.17, 15) is 4.79 Å². The molecular weight excluding hydrogens is 224 g/mol. The molecule has 0 spiro atoms. The highest BCUT2D eigenvalue weighted by Crippen LogP contribution is 2.42. The average molecular weight is 234 g/mol. The minimum absolute atomic E-state index is 0.253. The van der Waals surface area contributed by atoms with E-state index in [-0.39, 0.29) is 5.75 Å². The standard InChI is InChI=1S/C11H10N2O4/c1-5-9-8(16-11(14)15)4-7(6-2-3-6)12-10(9)17-13-5/h4,6H,2-3H2,1H3,(H,14,15). The number of carboxylic acid groups (broad SMARTS) is 1. The maximum Gasteiger partial charge on any atom is 0.511 e. The van der Waals surface area contributed by atoms with E-state index in [0.717, 1.165) is 18.5 Å². The van der Waals surface area contributed by atoms with Crippen molar-refractivity contribution in [3.8, 4) is 5.75 Å². The van der Waals surface area contributed by atoms with E-state index in [1.165, 1.54) is 0 Å². The third-order valence-corrected chi connectivity index (χ3v) is 2.79. The van der Waals surface area contributed by atoms with Crippen molar-refractivity contribution in [2.75, 3.05) is 0 Å². The maximum absolute atomic E-state index is 10.6. The Morgan fingerprint density at radius 3 is 3.00 bits per heavy atom. The van der Waals surface area contributed by atoms with E-state index >= 15 is 0 Å². The minimum Gasteiger partial charge on any atom is -0.449 e. The lowest BCUT2D eigenvalue weighted by Gasteiger charge is -2.03. The molecule has 2 aromatic heterocycles. The van der Waals surface area contributed by atoms with E-state index in [2.05, 4.69) is 10.1 Å². The van der Waals surface area contributed by atoms with Crippen LogP contribution < -0.4 is 4.74 Å². The third kappa shape index (κ3) is 1.71. The Bertz CT molecular complexity index is 601. The second kappa shape index (κ2) is 3.44. The maximum atomic E-state index is 10.6. The van der Waals surface area contributed by atoms with Crippen molar-refractivity contribution in [1.29, 1.82) is 0 Å². The van der Waals surface area contributed by atoms with Crippen LogP contribution in [0.4, 0.5) is 4.79 Å². The summed E-state index contributed by atoms with van der Waals surface area (Å²) in [5.41, 5.74) is 1.72. The van der Waals surface area contributed by atoms with Crippen molar-refractivity contribution in [3.05, 3.63) is 17.5 Å². The molecule has 1 aliphatic carbocycles. The van der Waals surface area contributed by atoms with Gasteiger partial charge in [-0.05, 0) is 19.8 Å². The van der Waals surface area contributed by atoms with Gasteiger partial charge in [-0.1, -0.05) is 5.16 Å². The number of hydrogen-bond donors (Lipinski definition) is 1. The van der Waals surface area contributed by atoms with Crippen molar-refractivity contribution in [2.24, 2.45) is 0 Å². The second-order valence-corrected chi connectivity index (χ2v) is 4.14. The lowest BCUT2D eigenvalue weighted by atomic mass is 10.2. The van der Waals surface area contributed by atoms with Gasteiger partial charge in [0.2, 0.25) is 0 Å². The minimum atomic E-state index is -1.35. The molecule has 1 N–H and O–H groups in total. The van der Waals surface area contributed by atoms with Crippen LogP contribution in [0.3, 0.4) is 0 Å². The first-order valence-corrected chi connectivity index (χ1v) is 5.33. The molecule has 0 amide bonds. The number of carbonyl (C=O) groups is 1. The van der Waals surface area contributed by atoms with Crippen molar-refractivity contribution in [2.45, 2.75) is 25.7 Å². The molecule has 6 nitrogen and oxygen atoms in total. The topological polar surface area (TPSA) is 85.5 Å². The molecular formula is C11H10N2O4. The Kier molecular flexibility index (Phi) is 2.04. The van der Waals surface area contributed by atoms with E-state index in [1.807, 2.05) is 0 Å². The Morgan fingerprint density at radius 1 is 1.59 bits per heavy atom. The molecule has 1 fully saturated rings. The highest BCUT2D eigenvalue weighted by Gasteiger charge is 2.28. The van der Waals surface area contributed by atoms with Crippen LogP contribution in [0.1, 0.15) is 30.1 Å². The lowest BCUT2D eigenvalue weighted by molar-refractivity contribution is 0.145. The van der Waals surface area contributed by atoms with Gasteiger partial charge in [0.25, 0.3) is 5.71 Å². The predicted molar refractivity (Wildman–Crippen MR) is 57.2 cm³/mol. The Balaban J connectivity index is 2.19. The van der Waals surface area contributed by atoms with Crippen molar-refractivity contribution >= 4 is 17.3 Å². The molecule has 0 radical (unpaired) electrons. The second-order valence-electron chi connectivity index (χ2n) is 4.14. The van der Waals surface area contributed by atoms with Crippen molar-refractivity contribution < 1.29 is 19.2 Å². The van der Waals surface area contributed by atoms with Crippen LogP contribution in [0.15, 0.2) is 10.6 Å². The van der Waals surface area contributed by atoms with Crippen LogP contribution >= 0.6 is 0 Å². The number of hydrogen-bond acceptors (Lipinski definition) is 5. The molecule has 17 heavy (non-hydrogen) atoms. The van der Waals surface area contributed by atoms with Gasteiger partial charge in [-0.15, -0.1) is 0 Å². The molecule has 88 valence electrons. The Hall–Kier alpha value is -2.11. The van der Waals surface area contributed by atoms with Crippen LogP contribution in [0.25, 0.3) is 11.1 Å². The van der Waals surface area contributed by atoms with Crippen molar-refractivity contribution in [3.63, 3.8) is 0 Å². The molecule has 2 heterocycles. The number of pyridine rings is 1. The molecule has 0 unspecified atom stereocenters. The molecule has 0 aromatic carbocycles. The smallest absolute Gasteiger partial charge is 0.449 e. The summed E-state index contributed by atoms with van der Waals surface area (Å²) in [5, 5.41) is 13.0. The summed E-state index contributed by atoms with van der Waals surface area (Å²) in [4.78, 5) is 15.0. The van der Waals surface area contributed by atoms with Crippen LogP contribution in [0, 0.1) is 6.92 Å². The Labute approximate surface area is 96.2 Å². The van der Waals surface area contributed by atoms with Crippen molar-refractivity contribution in [1.82, 2.24) is 10.1 Å². The molecule has 0 atom stereocenters. The third-order valence-electron chi connectivity index (χ3n) is 2.79. The SMILES string of the molecule is Cc1noc2nc(C3CC3)cc(OC(=O)O)c12. The molecule has 1 saturated carbocycles. The molecule has 6 heteroatoms. The van der Waals surface area contributed by atoms with Gasteiger partial charge in [0, 0.05) is 12.0 Å². The van der Waals surface area contributed by atoms with Crippen LogP contribution in [0.2, 0.25) is 0 Å². The van der Waals surface area contributed by atoms with E-state index in [4.69, 9.17) is 14.4 Å². The normalized spacial score (nSPS) is 15.1. The van der Waals surface area contributed by atoms with Gasteiger partial charge >= 0.3 is 6.16 Å². The first-order valence-electron chi connectivity index (χ1n) is 5.33. The fourth-order valence-electron chi connectivity index (χ4n) is 1.84. The zero-order valence-electron chi connectivity index (χ0n) is 9.14. The predicted octanol–water partition coefficient (Wildman–Crippen LogP) is 2.47. The quantitative estimate of drug-likeness (QED) is 0.803. The Morgan fingerprint density at radius 2 is 2.35 bits per heavy atom. The van der Waals surface area contributed by atoms with Crippen LogP contribution in [-0.2, 0) is 0 Å². The van der Waals surface area contributed by atoms with Gasteiger partial charge in [-0.3, -0.25) is 0 Å². The number of nitrogens with zero attached hydrogens (tertiary/aromatic N) is 2. The van der Waals surface area contributed by atoms with Gasteiger partial charge < -0.3 is 14.4 Å². The first kappa shape index (κ1) is 10.1. The molecule has 2 aromatic rings.